The molecular formula is C17H13ClN4S. The first-order valence-electron chi connectivity index (χ1n) is 7.12. The molecule has 0 radical (unpaired) electrons. The monoisotopic (exact) mass is 340 g/mol. The fourth-order valence-electron chi connectivity index (χ4n) is 2.38. The number of halogens is 1. The summed E-state index contributed by atoms with van der Waals surface area (Å²) in [4.78, 5) is 12.2. The maximum atomic E-state index is 6.16. The number of benzene rings is 2. The van der Waals surface area contributed by atoms with Gasteiger partial charge in [0.1, 0.15) is 5.01 Å². The summed E-state index contributed by atoms with van der Waals surface area (Å²) in [6.45, 7) is 1.98. The van der Waals surface area contributed by atoms with Gasteiger partial charge in [-0.1, -0.05) is 17.7 Å². The third-order valence-electron chi connectivity index (χ3n) is 3.60. The van der Waals surface area contributed by atoms with Crippen molar-refractivity contribution in [1.29, 1.82) is 0 Å². The number of nitrogens with zero attached hydrogens (tertiary/aromatic N) is 2. The first kappa shape index (κ1) is 14.2. The van der Waals surface area contributed by atoms with Gasteiger partial charge in [-0.05, 0) is 42.8 Å². The van der Waals surface area contributed by atoms with E-state index in [-0.39, 0.29) is 0 Å². The number of aromatic amines is 1. The van der Waals surface area contributed by atoms with Gasteiger partial charge in [-0.3, -0.25) is 0 Å². The highest BCUT2D eigenvalue weighted by Gasteiger charge is 2.07. The van der Waals surface area contributed by atoms with Crippen LogP contribution in [0.3, 0.4) is 0 Å². The number of hydrogen-bond donors (Lipinski definition) is 2. The molecular weight excluding hydrogens is 328 g/mol. The lowest BCUT2D eigenvalue weighted by Crippen LogP contribution is -1.92. The van der Waals surface area contributed by atoms with Crippen LogP contribution in [0, 0.1) is 6.92 Å². The molecule has 2 aromatic heterocycles. The summed E-state index contributed by atoms with van der Waals surface area (Å²) in [5.41, 5.74) is 4.92. The lowest BCUT2D eigenvalue weighted by molar-refractivity contribution is 1.31. The van der Waals surface area contributed by atoms with Gasteiger partial charge in [0, 0.05) is 27.9 Å². The molecule has 6 heteroatoms. The second-order valence-electron chi connectivity index (χ2n) is 5.24. The Kier molecular flexibility index (Phi) is 3.52. The lowest BCUT2D eigenvalue weighted by atomic mass is 10.2. The number of aryl methyl sites for hydroxylation is 1. The summed E-state index contributed by atoms with van der Waals surface area (Å²) in [6, 6.07) is 12.0. The first-order chi connectivity index (χ1) is 11.2. The minimum Gasteiger partial charge on any atom is -0.326 e. The van der Waals surface area contributed by atoms with Crippen LogP contribution in [0.2, 0.25) is 5.02 Å². The van der Waals surface area contributed by atoms with Crippen molar-refractivity contribution in [2.45, 2.75) is 6.92 Å². The van der Waals surface area contributed by atoms with Crippen molar-refractivity contribution in [1.82, 2.24) is 15.0 Å². The summed E-state index contributed by atoms with van der Waals surface area (Å²) in [5.74, 6) is 0.691. The van der Waals surface area contributed by atoms with E-state index in [1.807, 2.05) is 48.8 Å². The molecule has 2 heterocycles. The van der Waals surface area contributed by atoms with E-state index in [0.29, 0.717) is 5.95 Å². The molecule has 0 aliphatic carbocycles. The summed E-state index contributed by atoms with van der Waals surface area (Å²) >= 11 is 7.78. The summed E-state index contributed by atoms with van der Waals surface area (Å²) in [6.07, 6.45) is 1.81. The lowest BCUT2D eigenvalue weighted by Gasteiger charge is -2.04. The summed E-state index contributed by atoms with van der Waals surface area (Å²) < 4.78 is 0. The van der Waals surface area contributed by atoms with Crippen molar-refractivity contribution in [3.05, 3.63) is 58.6 Å². The van der Waals surface area contributed by atoms with Crippen LogP contribution in [-0.2, 0) is 0 Å². The van der Waals surface area contributed by atoms with Crippen LogP contribution in [0.25, 0.3) is 21.6 Å². The van der Waals surface area contributed by atoms with E-state index in [0.717, 1.165) is 37.9 Å². The Morgan fingerprint density at radius 1 is 1.17 bits per heavy atom. The zero-order valence-corrected chi connectivity index (χ0v) is 13.9. The van der Waals surface area contributed by atoms with Crippen molar-refractivity contribution in [2.75, 3.05) is 5.32 Å². The molecule has 4 aromatic rings. The molecule has 0 unspecified atom stereocenters. The van der Waals surface area contributed by atoms with Gasteiger partial charge >= 0.3 is 0 Å². The molecule has 2 N–H and O–H groups in total. The number of imidazole rings is 1. The highest BCUT2D eigenvalue weighted by Crippen LogP contribution is 2.27. The Balaban J connectivity index is 1.67. The number of H-pyrrole nitrogens is 1. The Labute approximate surface area is 142 Å². The Morgan fingerprint density at radius 3 is 2.87 bits per heavy atom. The van der Waals surface area contributed by atoms with Crippen molar-refractivity contribution >= 4 is 45.6 Å². The summed E-state index contributed by atoms with van der Waals surface area (Å²) in [5, 5.41) is 6.96. The van der Waals surface area contributed by atoms with E-state index < -0.39 is 0 Å². The molecule has 23 heavy (non-hydrogen) atoms. The fourth-order valence-corrected chi connectivity index (χ4v) is 3.19. The molecule has 0 aliphatic rings. The third-order valence-corrected chi connectivity index (χ3v) is 4.83. The zero-order chi connectivity index (χ0) is 15.8. The van der Waals surface area contributed by atoms with Gasteiger partial charge in [-0.15, -0.1) is 11.3 Å². The van der Waals surface area contributed by atoms with E-state index >= 15 is 0 Å². The van der Waals surface area contributed by atoms with E-state index in [1.165, 1.54) is 0 Å². The Morgan fingerprint density at radius 2 is 2.09 bits per heavy atom. The molecule has 114 valence electrons. The van der Waals surface area contributed by atoms with E-state index in [9.17, 15) is 0 Å². The van der Waals surface area contributed by atoms with Gasteiger partial charge in [-0.25, -0.2) is 9.97 Å². The number of thiazole rings is 1. The smallest absolute Gasteiger partial charge is 0.205 e. The van der Waals surface area contributed by atoms with Gasteiger partial charge < -0.3 is 10.3 Å². The van der Waals surface area contributed by atoms with E-state index in [4.69, 9.17) is 11.6 Å². The number of fused-ring (bicyclic) bond motifs is 1. The Hall–Kier alpha value is -2.37. The van der Waals surface area contributed by atoms with Crippen molar-refractivity contribution in [3.63, 3.8) is 0 Å². The predicted octanol–water partition coefficient (Wildman–Crippen LogP) is 5.39. The van der Waals surface area contributed by atoms with Crippen LogP contribution in [0.15, 0.2) is 48.0 Å². The van der Waals surface area contributed by atoms with Crippen LogP contribution in [0.1, 0.15) is 5.56 Å². The van der Waals surface area contributed by atoms with E-state index in [1.54, 1.807) is 11.3 Å². The van der Waals surface area contributed by atoms with Crippen molar-refractivity contribution < 1.29 is 0 Å². The molecule has 0 spiro atoms. The van der Waals surface area contributed by atoms with Crippen LogP contribution < -0.4 is 5.32 Å². The molecule has 0 saturated heterocycles. The number of nitrogens with one attached hydrogen (secondary N) is 2. The summed E-state index contributed by atoms with van der Waals surface area (Å²) in [7, 11) is 0. The fraction of sp³-hybridized carbons (Fsp3) is 0.0588. The highest BCUT2D eigenvalue weighted by molar-refractivity contribution is 7.13. The molecule has 0 amide bonds. The minimum atomic E-state index is 0.691. The van der Waals surface area contributed by atoms with Gasteiger partial charge in [0.2, 0.25) is 5.95 Å². The second kappa shape index (κ2) is 5.68. The van der Waals surface area contributed by atoms with Crippen LogP contribution >= 0.6 is 22.9 Å². The third kappa shape index (κ3) is 2.81. The SMILES string of the molecule is Cc1ccc(Nc2nc3ccc(-c4nccs4)cc3[nH]2)cc1Cl. The van der Waals surface area contributed by atoms with Crippen LogP contribution in [-0.4, -0.2) is 15.0 Å². The molecule has 4 nitrogen and oxygen atoms in total. The number of anilines is 2. The molecule has 0 aliphatic heterocycles. The van der Waals surface area contributed by atoms with Crippen molar-refractivity contribution in [2.24, 2.45) is 0 Å². The zero-order valence-electron chi connectivity index (χ0n) is 12.3. The molecule has 0 atom stereocenters. The quantitative estimate of drug-likeness (QED) is 0.525. The maximum Gasteiger partial charge on any atom is 0.205 e. The molecule has 0 saturated carbocycles. The minimum absolute atomic E-state index is 0.691. The number of aromatic nitrogens is 3. The normalized spacial score (nSPS) is 11.0. The van der Waals surface area contributed by atoms with E-state index in [2.05, 4.69) is 26.3 Å². The Bertz CT molecular complexity index is 976. The molecule has 2 aromatic carbocycles. The standard InChI is InChI=1S/C17H13ClN4S/c1-10-2-4-12(9-13(10)18)20-17-21-14-5-3-11(8-15(14)22-17)16-19-6-7-23-16/h2-9H,1H3,(H2,20,21,22). The molecule has 0 fully saturated rings. The predicted molar refractivity (Wildman–Crippen MR) is 96.7 cm³/mol. The highest BCUT2D eigenvalue weighted by atomic mass is 35.5. The van der Waals surface area contributed by atoms with Gasteiger partial charge in [0.05, 0.1) is 11.0 Å². The average molecular weight is 341 g/mol. The molecule has 4 rings (SSSR count). The topological polar surface area (TPSA) is 53.6 Å². The van der Waals surface area contributed by atoms with Gasteiger partial charge in [0.15, 0.2) is 0 Å². The van der Waals surface area contributed by atoms with Gasteiger partial charge in [0.25, 0.3) is 0 Å². The van der Waals surface area contributed by atoms with Crippen molar-refractivity contribution in [3.8, 4) is 10.6 Å². The maximum absolute atomic E-state index is 6.16. The first-order valence-corrected chi connectivity index (χ1v) is 8.37. The largest absolute Gasteiger partial charge is 0.326 e. The van der Waals surface area contributed by atoms with Crippen LogP contribution in [0.5, 0.6) is 0 Å². The average Bonchev–Trinajstić information content (AvgIpc) is 3.19. The number of rotatable bonds is 3. The second-order valence-corrected chi connectivity index (χ2v) is 6.55. The van der Waals surface area contributed by atoms with Crippen LogP contribution in [0.4, 0.5) is 11.6 Å². The molecule has 0 bridgehead atoms. The number of hydrogen-bond acceptors (Lipinski definition) is 4. The van der Waals surface area contributed by atoms with Gasteiger partial charge in [-0.2, -0.15) is 0 Å².